The lowest BCUT2D eigenvalue weighted by Crippen LogP contribution is -2.49. The fourth-order valence-corrected chi connectivity index (χ4v) is 1.96. The molecule has 1 N–H and O–H groups in total. The smallest absolute Gasteiger partial charge is 0.0883 e. The molecule has 0 radical (unpaired) electrons. The quantitative estimate of drug-likeness (QED) is 0.661. The molecule has 0 aliphatic carbocycles. The van der Waals surface area contributed by atoms with Crippen LogP contribution in [0.25, 0.3) is 0 Å². The summed E-state index contributed by atoms with van der Waals surface area (Å²) in [5.41, 5.74) is 0.311. The van der Waals surface area contributed by atoms with Crippen molar-refractivity contribution in [3.63, 3.8) is 0 Å². The Morgan fingerprint density at radius 3 is 2.38 bits per heavy atom. The van der Waals surface area contributed by atoms with Crippen LogP contribution in [0.3, 0.4) is 0 Å². The van der Waals surface area contributed by atoms with E-state index in [9.17, 15) is 0 Å². The van der Waals surface area contributed by atoms with Gasteiger partial charge in [-0.2, -0.15) is 0 Å². The maximum atomic E-state index is 4.32. The van der Waals surface area contributed by atoms with E-state index < -0.39 is 0 Å². The maximum absolute atomic E-state index is 4.32. The summed E-state index contributed by atoms with van der Waals surface area (Å²) < 4.78 is 0. The molecule has 2 unspecified atom stereocenters. The minimum atomic E-state index is 0.311. The van der Waals surface area contributed by atoms with E-state index in [0.717, 1.165) is 6.67 Å². The molecule has 0 fully saturated rings. The molecule has 0 aromatic carbocycles. The first-order valence-electron chi connectivity index (χ1n) is 5.16. The Kier molecular flexibility index (Phi) is 3.12. The minimum Gasteiger partial charge on any atom is -0.295 e. The van der Waals surface area contributed by atoms with Gasteiger partial charge in [0, 0.05) is 18.2 Å². The number of nitrogens with one attached hydrogen (secondary N) is 1. The molecule has 0 bridgehead atoms. The molecule has 1 heterocycles. The van der Waals surface area contributed by atoms with Gasteiger partial charge >= 0.3 is 0 Å². The van der Waals surface area contributed by atoms with Gasteiger partial charge in [0.15, 0.2) is 0 Å². The molecule has 0 spiro atoms. The van der Waals surface area contributed by atoms with Crippen molar-refractivity contribution < 1.29 is 0 Å². The Hall–Kier alpha value is -0.370. The van der Waals surface area contributed by atoms with Crippen molar-refractivity contribution in [1.29, 1.82) is 0 Å². The number of rotatable bonds is 1. The summed E-state index contributed by atoms with van der Waals surface area (Å²) >= 11 is 0. The molecule has 76 valence electrons. The predicted octanol–water partition coefficient (Wildman–Crippen LogP) is 2.30. The highest BCUT2D eigenvalue weighted by atomic mass is 15.1. The highest BCUT2D eigenvalue weighted by Gasteiger charge is 2.33. The Balaban J connectivity index is 2.78. The average Bonchev–Trinajstić information content (AvgIpc) is 2.03. The van der Waals surface area contributed by atoms with Gasteiger partial charge in [0.05, 0.1) is 6.67 Å². The van der Waals surface area contributed by atoms with E-state index in [1.807, 2.05) is 0 Å². The molecule has 2 nitrogen and oxygen atoms in total. The number of aliphatic imine (C=N–C) groups is 1. The van der Waals surface area contributed by atoms with Crippen LogP contribution in [0.15, 0.2) is 4.99 Å². The van der Waals surface area contributed by atoms with E-state index in [-0.39, 0.29) is 0 Å². The maximum Gasteiger partial charge on any atom is 0.0883 e. The molecule has 2 atom stereocenters. The van der Waals surface area contributed by atoms with E-state index in [1.54, 1.807) is 0 Å². The first-order valence-corrected chi connectivity index (χ1v) is 5.16. The third-order valence-electron chi connectivity index (χ3n) is 2.79. The standard InChI is InChI=1S/C11H22N2/c1-8(2)10-9(11(3,4)5)6-12-7-13-10/h6,8-10,13H,7H2,1-5H3. The third-order valence-corrected chi connectivity index (χ3v) is 2.79. The van der Waals surface area contributed by atoms with Crippen LogP contribution >= 0.6 is 0 Å². The number of nitrogens with zero attached hydrogens (tertiary/aromatic N) is 1. The third kappa shape index (κ3) is 2.53. The topological polar surface area (TPSA) is 24.4 Å². The second-order valence-corrected chi connectivity index (χ2v) is 5.36. The summed E-state index contributed by atoms with van der Waals surface area (Å²) in [7, 11) is 0. The Bertz CT molecular complexity index is 189. The summed E-state index contributed by atoms with van der Waals surface area (Å²) in [5.74, 6) is 1.23. The first kappa shape index (κ1) is 10.7. The summed E-state index contributed by atoms with van der Waals surface area (Å²) in [6.07, 6.45) is 2.14. The van der Waals surface area contributed by atoms with Crippen LogP contribution in [-0.2, 0) is 0 Å². The van der Waals surface area contributed by atoms with Gasteiger partial charge in [-0.3, -0.25) is 10.3 Å². The van der Waals surface area contributed by atoms with Crippen LogP contribution in [0.4, 0.5) is 0 Å². The van der Waals surface area contributed by atoms with Crippen molar-refractivity contribution in [1.82, 2.24) is 5.32 Å². The van der Waals surface area contributed by atoms with Gasteiger partial charge < -0.3 is 0 Å². The molecule has 0 aromatic heterocycles. The fraction of sp³-hybridized carbons (Fsp3) is 0.909. The van der Waals surface area contributed by atoms with Gasteiger partial charge in [-0.1, -0.05) is 34.6 Å². The van der Waals surface area contributed by atoms with E-state index in [4.69, 9.17) is 0 Å². The Labute approximate surface area is 81.8 Å². The minimum absolute atomic E-state index is 0.311. The normalized spacial score (nSPS) is 29.7. The number of hydrogen-bond donors (Lipinski definition) is 1. The highest BCUT2D eigenvalue weighted by molar-refractivity contribution is 5.63. The van der Waals surface area contributed by atoms with Crippen LogP contribution in [-0.4, -0.2) is 18.9 Å². The molecule has 0 aromatic rings. The zero-order valence-corrected chi connectivity index (χ0v) is 9.46. The predicted molar refractivity (Wildman–Crippen MR) is 58.1 cm³/mol. The van der Waals surface area contributed by atoms with Crippen molar-refractivity contribution >= 4 is 6.21 Å². The summed E-state index contributed by atoms with van der Waals surface area (Å²) in [6, 6.07) is 0.581. The van der Waals surface area contributed by atoms with Crippen LogP contribution in [0, 0.1) is 17.3 Å². The lowest BCUT2D eigenvalue weighted by molar-refractivity contribution is 0.204. The van der Waals surface area contributed by atoms with E-state index >= 15 is 0 Å². The van der Waals surface area contributed by atoms with Crippen LogP contribution in [0.1, 0.15) is 34.6 Å². The van der Waals surface area contributed by atoms with E-state index in [1.165, 1.54) is 0 Å². The van der Waals surface area contributed by atoms with E-state index in [2.05, 4.69) is 51.1 Å². The van der Waals surface area contributed by atoms with Gasteiger partial charge in [-0.25, -0.2) is 0 Å². The summed E-state index contributed by atoms with van der Waals surface area (Å²) in [4.78, 5) is 4.32. The molecule has 0 saturated heterocycles. The van der Waals surface area contributed by atoms with Crippen molar-refractivity contribution in [2.75, 3.05) is 6.67 Å². The largest absolute Gasteiger partial charge is 0.295 e. The lowest BCUT2D eigenvalue weighted by Gasteiger charge is -2.39. The fourth-order valence-electron chi connectivity index (χ4n) is 1.96. The van der Waals surface area contributed by atoms with Crippen LogP contribution < -0.4 is 5.32 Å². The number of hydrogen-bond acceptors (Lipinski definition) is 2. The molecule has 13 heavy (non-hydrogen) atoms. The van der Waals surface area contributed by atoms with Gasteiger partial charge in [-0.15, -0.1) is 0 Å². The SMILES string of the molecule is CC(C)C1NCN=CC1C(C)(C)C. The molecular weight excluding hydrogens is 160 g/mol. The molecule has 1 aliphatic heterocycles. The van der Waals surface area contributed by atoms with Crippen molar-refractivity contribution in [2.45, 2.75) is 40.7 Å². The molecule has 1 aliphatic rings. The van der Waals surface area contributed by atoms with Crippen LogP contribution in [0.2, 0.25) is 0 Å². The average molecular weight is 182 g/mol. The van der Waals surface area contributed by atoms with E-state index in [0.29, 0.717) is 23.3 Å². The van der Waals surface area contributed by atoms with Gasteiger partial charge in [0.25, 0.3) is 0 Å². The zero-order valence-electron chi connectivity index (χ0n) is 9.46. The van der Waals surface area contributed by atoms with Gasteiger partial charge in [-0.05, 0) is 11.3 Å². The van der Waals surface area contributed by atoms with Crippen molar-refractivity contribution in [3.05, 3.63) is 0 Å². The second kappa shape index (κ2) is 3.79. The molecule has 0 saturated carbocycles. The second-order valence-electron chi connectivity index (χ2n) is 5.36. The van der Waals surface area contributed by atoms with Crippen molar-refractivity contribution in [2.24, 2.45) is 22.2 Å². The zero-order chi connectivity index (χ0) is 10.1. The molecule has 0 amide bonds. The summed E-state index contributed by atoms with van der Waals surface area (Å²) in [5, 5.41) is 3.48. The van der Waals surface area contributed by atoms with Crippen LogP contribution in [0.5, 0.6) is 0 Å². The molecule has 2 heteroatoms. The Morgan fingerprint density at radius 2 is 2.00 bits per heavy atom. The first-order chi connectivity index (χ1) is 5.93. The van der Waals surface area contributed by atoms with Gasteiger partial charge in [0.2, 0.25) is 0 Å². The lowest BCUT2D eigenvalue weighted by atomic mass is 9.73. The van der Waals surface area contributed by atoms with Crippen molar-refractivity contribution in [3.8, 4) is 0 Å². The van der Waals surface area contributed by atoms with Gasteiger partial charge in [0.1, 0.15) is 0 Å². The monoisotopic (exact) mass is 182 g/mol. The molecular formula is C11H22N2. The molecule has 1 rings (SSSR count). The highest BCUT2D eigenvalue weighted by Crippen LogP contribution is 2.31. The Morgan fingerprint density at radius 1 is 1.38 bits per heavy atom. The summed E-state index contributed by atoms with van der Waals surface area (Å²) in [6.45, 7) is 12.2.